The van der Waals surface area contributed by atoms with Gasteiger partial charge in [0.05, 0.1) is 13.2 Å². The summed E-state index contributed by atoms with van der Waals surface area (Å²) in [5.41, 5.74) is 4.33. The summed E-state index contributed by atoms with van der Waals surface area (Å²) in [5.74, 6) is -0.983. The maximum Gasteiger partial charge on any atom is 0.224 e. The van der Waals surface area contributed by atoms with Gasteiger partial charge < -0.3 is 9.47 Å². The summed E-state index contributed by atoms with van der Waals surface area (Å²) in [5, 5.41) is 9.11. The SMILES string of the molecule is CC1(C)CCC(C)(C)c2c1c1c3c4c(ccc5c(=O)c6ccc7c(=O)c2c3c7c6c54)C12OCCO2. The van der Waals surface area contributed by atoms with Gasteiger partial charge in [-0.15, -0.1) is 0 Å². The predicted molar refractivity (Wildman–Crippen MR) is 139 cm³/mol. The highest BCUT2D eigenvalue weighted by atomic mass is 16.7. The molecule has 35 heavy (non-hydrogen) atoms. The van der Waals surface area contributed by atoms with Gasteiger partial charge in [0.15, 0.2) is 10.9 Å². The van der Waals surface area contributed by atoms with Crippen LogP contribution in [0.25, 0.3) is 53.9 Å². The summed E-state index contributed by atoms with van der Waals surface area (Å²) in [7, 11) is 0. The van der Waals surface area contributed by atoms with Crippen LogP contribution in [0.5, 0.6) is 0 Å². The molecule has 0 bridgehead atoms. The molecule has 1 fully saturated rings. The molecule has 3 aliphatic rings. The maximum absolute atomic E-state index is 14.2. The van der Waals surface area contributed by atoms with Crippen molar-refractivity contribution in [2.75, 3.05) is 13.2 Å². The van der Waals surface area contributed by atoms with Crippen molar-refractivity contribution in [2.24, 2.45) is 0 Å². The van der Waals surface area contributed by atoms with Crippen molar-refractivity contribution in [3.8, 4) is 0 Å². The summed E-state index contributed by atoms with van der Waals surface area (Å²) in [4.78, 5) is 27.8. The van der Waals surface area contributed by atoms with Crippen LogP contribution >= 0.6 is 0 Å². The molecule has 0 amide bonds. The highest BCUT2D eigenvalue weighted by Crippen LogP contribution is 2.63. The van der Waals surface area contributed by atoms with E-state index in [0.717, 1.165) is 78.0 Å². The fraction of sp³-hybridized carbons (Fsp3) is 0.355. The molecule has 6 aromatic carbocycles. The van der Waals surface area contributed by atoms with Gasteiger partial charge >= 0.3 is 0 Å². The van der Waals surface area contributed by atoms with Crippen LogP contribution in [0.1, 0.15) is 62.8 Å². The summed E-state index contributed by atoms with van der Waals surface area (Å²) in [6.45, 7) is 10.2. The van der Waals surface area contributed by atoms with Gasteiger partial charge in [-0.2, -0.15) is 0 Å². The molecule has 0 atom stereocenters. The van der Waals surface area contributed by atoms with Gasteiger partial charge in [-0.25, -0.2) is 0 Å². The molecule has 6 aromatic rings. The van der Waals surface area contributed by atoms with Crippen molar-refractivity contribution >= 4 is 53.9 Å². The first kappa shape index (κ1) is 19.1. The van der Waals surface area contributed by atoms with E-state index >= 15 is 0 Å². The van der Waals surface area contributed by atoms with Crippen LogP contribution in [0.4, 0.5) is 0 Å². The fourth-order valence-corrected chi connectivity index (χ4v) is 8.25. The van der Waals surface area contributed by atoms with E-state index in [1.807, 2.05) is 24.3 Å². The average Bonchev–Trinajstić information content (AvgIpc) is 3.56. The van der Waals surface area contributed by atoms with Crippen LogP contribution in [0.15, 0.2) is 33.9 Å². The summed E-state index contributed by atoms with van der Waals surface area (Å²) in [6, 6.07) is 7.75. The lowest BCUT2D eigenvalue weighted by molar-refractivity contribution is -0.127. The molecule has 0 saturated carbocycles. The lowest BCUT2D eigenvalue weighted by atomic mass is 9.60. The van der Waals surface area contributed by atoms with Gasteiger partial charge in [-0.1, -0.05) is 33.8 Å². The Labute approximate surface area is 200 Å². The van der Waals surface area contributed by atoms with E-state index in [-0.39, 0.29) is 21.7 Å². The van der Waals surface area contributed by atoms with Crippen molar-refractivity contribution in [1.82, 2.24) is 0 Å². The van der Waals surface area contributed by atoms with Crippen molar-refractivity contribution in [2.45, 2.75) is 57.2 Å². The Morgan fingerprint density at radius 3 is 1.80 bits per heavy atom. The summed E-state index contributed by atoms with van der Waals surface area (Å²) in [6.07, 6.45) is 2.04. The van der Waals surface area contributed by atoms with E-state index < -0.39 is 5.79 Å². The first-order valence-electron chi connectivity index (χ1n) is 12.7. The van der Waals surface area contributed by atoms with Gasteiger partial charge in [-0.3, -0.25) is 9.59 Å². The van der Waals surface area contributed by atoms with E-state index in [9.17, 15) is 9.59 Å². The minimum atomic E-state index is -0.983. The topological polar surface area (TPSA) is 52.6 Å². The number of hydrogen-bond donors (Lipinski definition) is 0. The number of rotatable bonds is 0. The lowest BCUT2D eigenvalue weighted by Crippen LogP contribution is -2.39. The number of benzene rings is 4. The molecular formula is C31H24O4. The van der Waals surface area contributed by atoms with Crippen LogP contribution in [-0.4, -0.2) is 13.2 Å². The molecule has 0 aromatic heterocycles. The fourth-order valence-electron chi connectivity index (χ4n) is 8.25. The minimum absolute atomic E-state index is 0.0514. The quantitative estimate of drug-likeness (QED) is 0.268. The van der Waals surface area contributed by atoms with Crippen LogP contribution in [0, 0.1) is 0 Å². The van der Waals surface area contributed by atoms with Gasteiger partial charge in [-0.05, 0) is 53.0 Å². The van der Waals surface area contributed by atoms with Crippen molar-refractivity contribution in [3.05, 3.63) is 67.0 Å². The normalized spacial score (nSPS) is 21.9. The third kappa shape index (κ3) is 1.71. The number of fused-ring (bicyclic) bond motifs is 5. The molecule has 2 aliphatic carbocycles. The van der Waals surface area contributed by atoms with E-state index in [0.29, 0.717) is 18.6 Å². The minimum Gasteiger partial charge on any atom is -0.340 e. The number of hydrogen-bond acceptors (Lipinski definition) is 4. The van der Waals surface area contributed by atoms with Gasteiger partial charge in [0, 0.05) is 65.0 Å². The van der Waals surface area contributed by atoms with Crippen LogP contribution < -0.4 is 10.9 Å². The number of ether oxygens (including phenoxy) is 2. The molecule has 1 heterocycles. The Morgan fingerprint density at radius 2 is 1.11 bits per heavy atom. The molecule has 0 radical (unpaired) electrons. The smallest absolute Gasteiger partial charge is 0.224 e. The van der Waals surface area contributed by atoms with Crippen LogP contribution in [-0.2, 0) is 26.1 Å². The molecule has 4 nitrogen and oxygen atoms in total. The molecule has 1 saturated heterocycles. The van der Waals surface area contributed by atoms with Gasteiger partial charge in [0.2, 0.25) is 5.79 Å². The highest BCUT2D eigenvalue weighted by Gasteiger charge is 2.54. The molecule has 4 heteroatoms. The van der Waals surface area contributed by atoms with Gasteiger partial charge in [0.25, 0.3) is 0 Å². The first-order chi connectivity index (χ1) is 16.7. The van der Waals surface area contributed by atoms with Crippen molar-refractivity contribution in [3.63, 3.8) is 0 Å². The largest absolute Gasteiger partial charge is 0.340 e. The monoisotopic (exact) mass is 460 g/mol. The second-order valence-electron chi connectivity index (χ2n) is 12.3. The van der Waals surface area contributed by atoms with E-state index in [2.05, 4.69) is 27.7 Å². The maximum atomic E-state index is 14.2. The molecule has 172 valence electrons. The lowest BCUT2D eigenvalue weighted by Gasteiger charge is -2.45. The van der Waals surface area contributed by atoms with E-state index in [1.165, 1.54) is 5.56 Å². The second-order valence-corrected chi connectivity index (χ2v) is 12.3. The molecule has 0 unspecified atom stereocenters. The standard InChI is InChI=1S/C31H24O4/c1-29(2)9-10-30(3,4)26-24(29)23-21-19-15(28(23)33)6-5-13-17(19)18-14(27(13)32)7-8-16-20(18)22(21)25(26)31(16)34-11-12-35-31/h5-8H,9-12H2,1-4H3. The second kappa shape index (κ2) is 5.21. The predicted octanol–water partition coefficient (Wildman–Crippen LogP) is 5.83. The van der Waals surface area contributed by atoms with Crippen LogP contribution in [0.2, 0.25) is 0 Å². The molecule has 0 N–H and O–H groups in total. The Kier molecular flexibility index (Phi) is 2.85. The Bertz CT molecular complexity index is 2040. The first-order valence-corrected chi connectivity index (χ1v) is 12.7. The van der Waals surface area contributed by atoms with Gasteiger partial charge in [0.1, 0.15) is 0 Å². The zero-order valence-corrected chi connectivity index (χ0v) is 20.3. The Balaban J connectivity index is 1.75. The van der Waals surface area contributed by atoms with E-state index in [1.54, 1.807) is 0 Å². The average molecular weight is 461 g/mol. The summed E-state index contributed by atoms with van der Waals surface area (Å²) < 4.78 is 13.2. The molecule has 9 rings (SSSR count). The third-order valence-electron chi connectivity index (χ3n) is 9.73. The van der Waals surface area contributed by atoms with Crippen molar-refractivity contribution in [1.29, 1.82) is 0 Å². The summed E-state index contributed by atoms with van der Waals surface area (Å²) >= 11 is 0. The van der Waals surface area contributed by atoms with Crippen molar-refractivity contribution < 1.29 is 9.47 Å². The van der Waals surface area contributed by atoms with E-state index in [4.69, 9.17) is 9.47 Å². The zero-order valence-electron chi connectivity index (χ0n) is 20.3. The molecular weight excluding hydrogens is 436 g/mol. The van der Waals surface area contributed by atoms with Crippen LogP contribution in [0.3, 0.4) is 0 Å². The Morgan fingerprint density at radius 1 is 0.571 bits per heavy atom. The highest BCUT2D eigenvalue weighted by molar-refractivity contribution is 6.44. The third-order valence-corrected chi connectivity index (χ3v) is 9.73. The zero-order chi connectivity index (χ0) is 23.8. The molecule has 1 aliphatic heterocycles. The Hall–Kier alpha value is -3.08. The molecule has 1 spiro atoms.